The minimum atomic E-state index is -4.83. The summed E-state index contributed by atoms with van der Waals surface area (Å²) in [6, 6.07) is 1.42. The summed E-state index contributed by atoms with van der Waals surface area (Å²) in [5.74, 6) is -2.76. The van der Waals surface area contributed by atoms with E-state index in [0.717, 1.165) is 44.2 Å². The molecule has 0 spiro atoms. The van der Waals surface area contributed by atoms with Gasteiger partial charge in [-0.15, -0.1) is 0 Å². The van der Waals surface area contributed by atoms with E-state index in [-0.39, 0.29) is 30.1 Å². The zero-order chi connectivity index (χ0) is 27.0. The maximum absolute atomic E-state index is 14.2. The van der Waals surface area contributed by atoms with E-state index >= 15 is 0 Å². The van der Waals surface area contributed by atoms with E-state index in [1.807, 2.05) is 0 Å². The fraction of sp³-hybridized carbons (Fsp3) is 0.654. The van der Waals surface area contributed by atoms with Gasteiger partial charge in [0.05, 0.1) is 29.8 Å². The van der Waals surface area contributed by atoms with Crippen LogP contribution in [0.25, 0.3) is 0 Å². The largest absolute Gasteiger partial charge is 0.476 e. The maximum Gasteiger partial charge on any atom is 0.417 e. The molecule has 10 heteroatoms. The molecule has 1 saturated carbocycles. The highest BCUT2D eigenvalue weighted by Crippen LogP contribution is 2.45. The SMILES string of the molecule is COC(=O)[C@@H](C)CN1C(=O)C(C)(C)Oc2cc(C(F)(F)F)c(C(=O)N(C(C)C)C3CCCCC3)cc21. The average Bonchev–Trinajstić information content (AvgIpc) is 2.80. The lowest BCUT2D eigenvalue weighted by Gasteiger charge is -2.41. The van der Waals surface area contributed by atoms with E-state index in [4.69, 9.17) is 9.47 Å². The molecule has 7 nitrogen and oxygen atoms in total. The second kappa shape index (κ2) is 10.3. The molecule has 1 atom stereocenters. The number of hydrogen-bond acceptors (Lipinski definition) is 5. The standard InChI is InChI=1S/C26H35F3N2O5/c1-15(2)31(17-10-8-7-9-11-17)22(32)18-12-20-21(13-19(18)26(27,28)29)36-25(4,5)24(34)30(20)14-16(3)23(33)35-6/h12-13,15-17H,7-11,14H2,1-6H3/t16-/m0/s1. The normalized spacial score (nSPS) is 18.9. The van der Waals surface area contributed by atoms with Gasteiger partial charge in [-0.1, -0.05) is 26.2 Å². The Morgan fingerprint density at radius 3 is 2.31 bits per heavy atom. The molecule has 200 valence electrons. The van der Waals surface area contributed by atoms with Gasteiger partial charge in [-0.25, -0.2) is 0 Å². The number of methoxy groups -OCH3 is 1. The smallest absolute Gasteiger partial charge is 0.417 e. The van der Waals surface area contributed by atoms with Crippen LogP contribution in [0.15, 0.2) is 12.1 Å². The molecule has 1 heterocycles. The summed E-state index contributed by atoms with van der Waals surface area (Å²) in [5, 5.41) is 0. The van der Waals surface area contributed by atoms with E-state index in [1.165, 1.54) is 30.8 Å². The fourth-order valence-electron chi connectivity index (χ4n) is 5.08. The average molecular weight is 513 g/mol. The quantitative estimate of drug-likeness (QED) is 0.490. The van der Waals surface area contributed by atoms with Crippen LogP contribution in [-0.4, -0.2) is 54.0 Å². The lowest BCUT2D eigenvalue weighted by Crippen LogP contribution is -2.54. The molecule has 1 fully saturated rings. The number of nitrogens with zero attached hydrogens (tertiary/aromatic N) is 2. The molecule has 36 heavy (non-hydrogen) atoms. The second-order valence-electron chi connectivity index (χ2n) is 10.4. The summed E-state index contributed by atoms with van der Waals surface area (Å²) in [5.41, 5.74) is -3.09. The van der Waals surface area contributed by atoms with Gasteiger partial charge in [0.15, 0.2) is 5.60 Å². The first-order valence-electron chi connectivity index (χ1n) is 12.4. The number of hydrogen-bond donors (Lipinski definition) is 0. The first-order chi connectivity index (χ1) is 16.7. The van der Waals surface area contributed by atoms with Gasteiger partial charge >= 0.3 is 12.1 Å². The number of carbonyl (C=O) groups is 3. The van der Waals surface area contributed by atoms with Gasteiger partial charge in [-0.05, 0) is 52.7 Å². The van der Waals surface area contributed by atoms with Gasteiger partial charge in [-0.3, -0.25) is 14.4 Å². The van der Waals surface area contributed by atoms with Crippen LogP contribution in [-0.2, 0) is 20.5 Å². The predicted octanol–water partition coefficient (Wildman–Crippen LogP) is 5.20. The Labute approximate surface area is 209 Å². The zero-order valence-corrected chi connectivity index (χ0v) is 21.7. The molecule has 3 rings (SSSR count). The maximum atomic E-state index is 14.2. The van der Waals surface area contributed by atoms with E-state index < -0.39 is 46.6 Å². The third kappa shape index (κ3) is 5.47. The number of rotatable bonds is 6. The molecular formula is C26H35F3N2O5. The molecule has 0 bridgehead atoms. The third-order valence-electron chi connectivity index (χ3n) is 6.87. The summed E-state index contributed by atoms with van der Waals surface area (Å²) in [6.45, 7) is 7.89. The van der Waals surface area contributed by atoms with Crippen LogP contribution in [0, 0.1) is 5.92 Å². The van der Waals surface area contributed by atoms with Gasteiger partial charge in [0.1, 0.15) is 5.75 Å². The van der Waals surface area contributed by atoms with Crippen LogP contribution in [0.2, 0.25) is 0 Å². The topological polar surface area (TPSA) is 76.1 Å². The van der Waals surface area contributed by atoms with Crippen molar-refractivity contribution < 1.29 is 37.0 Å². The first kappa shape index (κ1) is 27.8. The van der Waals surface area contributed by atoms with Crippen molar-refractivity contribution in [1.82, 2.24) is 4.90 Å². The van der Waals surface area contributed by atoms with Gasteiger partial charge in [0, 0.05) is 18.6 Å². The van der Waals surface area contributed by atoms with Crippen LogP contribution in [0.5, 0.6) is 5.75 Å². The Bertz CT molecular complexity index is 1020. The highest BCUT2D eigenvalue weighted by atomic mass is 19.4. The molecule has 1 aromatic carbocycles. The second-order valence-corrected chi connectivity index (χ2v) is 10.4. The molecule has 0 saturated heterocycles. The highest BCUT2D eigenvalue weighted by molar-refractivity contribution is 6.05. The first-order valence-corrected chi connectivity index (χ1v) is 12.4. The number of benzene rings is 1. The van der Waals surface area contributed by atoms with Crippen LogP contribution in [0.4, 0.5) is 18.9 Å². The zero-order valence-electron chi connectivity index (χ0n) is 21.7. The van der Waals surface area contributed by atoms with Crippen LogP contribution < -0.4 is 9.64 Å². The Kier molecular flexibility index (Phi) is 7.95. The summed E-state index contributed by atoms with van der Waals surface area (Å²) < 4.78 is 53.2. The van der Waals surface area contributed by atoms with E-state index in [9.17, 15) is 27.6 Å². The van der Waals surface area contributed by atoms with Crippen LogP contribution >= 0.6 is 0 Å². The van der Waals surface area contributed by atoms with Crippen LogP contribution in [0.3, 0.4) is 0 Å². The Morgan fingerprint density at radius 2 is 1.78 bits per heavy atom. The molecule has 2 amide bonds. The molecule has 0 radical (unpaired) electrons. The molecule has 0 N–H and O–H groups in total. The minimum Gasteiger partial charge on any atom is -0.476 e. The number of amides is 2. The van der Waals surface area contributed by atoms with Crippen molar-refractivity contribution in [3.8, 4) is 5.75 Å². The molecule has 2 aliphatic rings. The summed E-state index contributed by atoms with van der Waals surface area (Å²) >= 11 is 0. The number of anilines is 1. The molecular weight excluding hydrogens is 477 g/mol. The lowest BCUT2D eigenvalue weighted by molar-refractivity contribution is -0.144. The minimum absolute atomic E-state index is 0.0266. The van der Waals surface area contributed by atoms with Crippen molar-refractivity contribution in [3.63, 3.8) is 0 Å². The van der Waals surface area contributed by atoms with Gasteiger partial charge in [0.25, 0.3) is 11.8 Å². The monoisotopic (exact) mass is 512 g/mol. The van der Waals surface area contributed by atoms with Gasteiger partial charge in [-0.2, -0.15) is 13.2 Å². The number of alkyl halides is 3. The van der Waals surface area contributed by atoms with Gasteiger partial charge in [0.2, 0.25) is 0 Å². The van der Waals surface area contributed by atoms with Crippen molar-refractivity contribution in [1.29, 1.82) is 0 Å². The molecule has 0 unspecified atom stereocenters. The predicted molar refractivity (Wildman–Crippen MR) is 128 cm³/mol. The van der Waals surface area contributed by atoms with Crippen molar-refractivity contribution in [2.75, 3.05) is 18.6 Å². The molecule has 1 aliphatic heterocycles. The summed E-state index contributed by atoms with van der Waals surface area (Å²) in [7, 11) is 1.22. The van der Waals surface area contributed by atoms with E-state index in [1.54, 1.807) is 20.8 Å². The summed E-state index contributed by atoms with van der Waals surface area (Å²) in [6.07, 6.45) is -0.508. The molecule has 1 aliphatic carbocycles. The number of fused-ring (bicyclic) bond motifs is 1. The van der Waals surface area contributed by atoms with Gasteiger partial charge < -0.3 is 19.3 Å². The number of ether oxygens (including phenoxy) is 2. The molecule has 1 aromatic rings. The van der Waals surface area contributed by atoms with Crippen molar-refractivity contribution in [2.45, 2.75) is 90.6 Å². The Morgan fingerprint density at radius 1 is 1.17 bits per heavy atom. The van der Waals surface area contributed by atoms with Crippen molar-refractivity contribution >= 4 is 23.5 Å². The Hall–Kier alpha value is -2.78. The highest BCUT2D eigenvalue weighted by Gasteiger charge is 2.46. The number of esters is 1. The number of carbonyl (C=O) groups excluding carboxylic acids is 3. The number of halogens is 3. The third-order valence-corrected chi connectivity index (χ3v) is 6.87. The van der Waals surface area contributed by atoms with Crippen molar-refractivity contribution in [3.05, 3.63) is 23.3 Å². The lowest BCUT2D eigenvalue weighted by atomic mass is 9.92. The van der Waals surface area contributed by atoms with E-state index in [0.29, 0.717) is 0 Å². The summed E-state index contributed by atoms with van der Waals surface area (Å²) in [4.78, 5) is 41.8. The Balaban J connectivity index is 2.17. The van der Waals surface area contributed by atoms with E-state index in [2.05, 4.69) is 0 Å². The fourth-order valence-corrected chi connectivity index (χ4v) is 5.08. The van der Waals surface area contributed by atoms with Crippen LogP contribution in [0.1, 0.15) is 82.6 Å². The van der Waals surface area contributed by atoms with Crippen molar-refractivity contribution in [2.24, 2.45) is 5.92 Å². The molecule has 0 aromatic heterocycles.